The van der Waals surface area contributed by atoms with Gasteiger partial charge in [0.25, 0.3) is 0 Å². The Bertz CT molecular complexity index is 520. The standard InChI is InChI=1S/C16H30N8O7/c17-23-21-3-7-29-11-9-27-5-1-19-15(25)13-31-14-16(26)20-2-6-28-10-12-30-8-4-22-24-18/h1-14H2,(H,19,25)(H,20,26). The third-order valence-electron chi connectivity index (χ3n) is 3.15. The average Bonchev–Trinajstić information content (AvgIpc) is 2.76. The van der Waals surface area contributed by atoms with E-state index in [1.54, 1.807) is 0 Å². The number of carbonyl (C=O) groups is 2. The van der Waals surface area contributed by atoms with Gasteiger partial charge in [-0.2, -0.15) is 0 Å². The summed E-state index contributed by atoms with van der Waals surface area (Å²) in [7, 11) is 0. The van der Waals surface area contributed by atoms with Gasteiger partial charge in [-0.25, -0.2) is 0 Å². The van der Waals surface area contributed by atoms with Crippen LogP contribution < -0.4 is 10.6 Å². The molecule has 0 heterocycles. The maximum absolute atomic E-state index is 11.6. The summed E-state index contributed by atoms with van der Waals surface area (Å²) in [6.07, 6.45) is 0. The number of nitrogens with one attached hydrogen (secondary N) is 2. The second-order valence-electron chi connectivity index (χ2n) is 5.55. The lowest BCUT2D eigenvalue weighted by atomic mass is 10.5. The van der Waals surface area contributed by atoms with E-state index in [-0.39, 0.29) is 38.1 Å². The monoisotopic (exact) mass is 446 g/mol. The normalized spacial score (nSPS) is 10.1. The number of ether oxygens (including phenoxy) is 5. The lowest BCUT2D eigenvalue weighted by Crippen LogP contribution is -2.34. The highest BCUT2D eigenvalue weighted by atomic mass is 16.5. The molecule has 2 N–H and O–H groups in total. The van der Waals surface area contributed by atoms with E-state index in [0.29, 0.717) is 65.9 Å². The molecule has 0 bridgehead atoms. The third kappa shape index (κ3) is 23.5. The SMILES string of the molecule is [N-]=[N+]=NCCOCCOCCNC(=O)COCC(=O)NCCOCCOCCN=[N+]=[N-]. The highest BCUT2D eigenvalue weighted by Crippen LogP contribution is 1.83. The third-order valence-corrected chi connectivity index (χ3v) is 3.15. The molecule has 0 saturated carbocycles. The fourth-order valence-corrected chi connectivity index (χ4v) is 1.81. The molecule has 0 aliphatic rings. The van der Waals surface area contributed by atoms with E-state index in [2.05, 4.69) is 30.7 Å². The Morgan fingerprint density at radius 1 is 0.613 bits per heavy atom. The Labute approximate surface area is 179 Å². The van der Waals surface area contributed by atoms with Gasteiger partial charge in [0.15, 0.2) is 0 Å². The molecule has 15 nitrogen and oxygen atoms in total. The van der Waals surface area contributed by atoms with Crippen LogP contribution in [0.4, 0.5) is 0 Å². The molecule has 0 radical (unpaired) electrons. The molecular weight excluding hydrogens is 416 g/mol. The van der Waals surface area contributed by atoms with Gasteiger partial charge in [0, 0.05) is 36.0 Å². The van der Waals surface area contributed by atoms with Gasteiger partial charge in [0.2, 0.25) is 11.8 Å². The van der Waals surface area contributed by atoms with Gasteiger partial charge < -0.3 is 34.3 Å². The van der Waals surface area contributed by atoms with E-state index in [1.807, 2.05) is 0 Å². The zero-order chi connectivity index (χ0) is 22.8. The van der Waals surface area contributed by atoms with Crippen LogP contribution in [-0.2, 0) is 33.3 Å². The summed E-state index contributed by atoms with van der Waals surface area (Å²) in [5.74, 6) is -0.711. The summed E-state index contributed by atoms with van der Waals surface area (Å²) >= 11 is 0. The van der Waals surface area contributed by atoms with Crippen molar-refractivity contribution in [1.29, 1.82) is 0 Å². The molecule has 0 aromatic heterocycles. The van der Waals surface area contributed by atoms with E-state index in [9.17, 15) is 9.59 Å². The van der Waals surface area contributed by atoms with Crippen molar-refractivity contribution in [1.82, 2.24) is 10.6 Å². The lowest BCUT2D eigenvalue weighted by molar-refractivity contribution is -0.131. The van der Waals surface area contributed by atoms with E-state index in [0.717, 1.165) is 0 Å². The largest absolute Gasteiger partial charge is 0.379 e. The fraction of sp³-hybridized carbons (Fsp3) is 0.875. The van der Waals surface area contributed by atoms with Gasteiger partial charge in [-0.15, -0.1) is 0 Å². The van der Waals surface area contributed by atoms with Crippen molar-refractivity contribution < 1.29 is 33.3 Å². The first-order valence-corrected chi connectivity index (χ1v) is 9.64. The van der Waals surface area contributed by atoms with Crippen molar-refractivity contribution in [3.8, 4) is 0 Å². The summed E-state index contributed by atoms with van der Waals surface area (Å²) in [4.78, 5) is 28.3. The van der Waals surface area contributed by atoms with E-state index >= 15 is 0 Å². The van der Waals surface area contributed by atoms with Crippen LogP contribution in [0.3, 0.4) is 0 Å². The Hall–Kier alpha value is -2.64. The minimum atomic E-state index is -0.356. The van der Waals surface area contributed by atoms with Crippen LogP contribution >= 0.6 is 0 Å². The smallest absolute Gasteiger partial charge is 0.246 e. The van der Waals surface area contributed by atoms with Crippen LogP contribution in [0.25, 0.3) is 20.9 Å². The number of hydrogen-bond donors (Lipinski definition) is 2. The quantitative estimate of drug-likeness (QED) is 0.100. The van der Waals surface area contributed by atoms with Crippen LogP contribution in [-0.4, -0.2) is 104 Å². The minimum Gasteiger partial charge on any atom is -0.379 e. The topological polar surface area (TPSA) is 202 Å². The van der Waals surface area contributed by atoms with Gasteiger partial charge >= 0.3 is 0 Å². The highest BCUT2D eigenvalue weighted by molar-refractivity contribution is 5.79. The van der Waals surface area contributed by atoms with Crippen molar-refractivity contribution in [2.75, 3.05) is 92.2 Å². The second-order valence-corrected chi connectivity index (χ2v) is 5.55. The second kappa shape index (κ2) is 23.6. The molecule has 0 saturated heterocycles. The summed E-state index contributed by atoms with van der Waals surface area (Å²) in [5.41, 5.74) is 16.2. The summed E-state index contributed by atoms with van der Waals surface area (Å²) in [5, 5.41) is 11.8. The van der Waals surface area contributed by atoms with Gasteiger partial charge in [-0.1, -0.05) is 10.2 Å². The van der Waals surface area contributed by atoms with Crippen molar-refractivity contribution >= 4 is 11.8 Å². The molecule has 0 fully saturated rings. The number of hydrogen-bond acceptors (Lipinski definition) is 9. The van der Waals surface area contributed by atoms with Crippen LogP contribution in [0, 0.1) is 0 Å². The van der Waals surface area contributed by atoms with Crippen molar-refractivity contribution in [2.45, 2.75) is 0 Å². The zero-order valence-electron chi connectivity index (χ0n) is 17.4. The van der Waals surface area contributed by atoms with E-state index in [4.69, 9.17) is 34.7 Å². The zero-order valence-corrected chi connectivity index (χ0v) is 17.4. The molecule has 0 aliphatic heterocycles. The van der Waals surface area contributed by atoms with Gasteiger partial charge in [-0.05, 0) is 11.1 Å². The first-order valence-electron chi connectivity index (χ1n) is 9.64. The van der Waals surface area contributed by atoms with Crippen molar-refractivity contribution in [2.24, 2.45) is 10.2 Å². The lowest BCUT2D eigenvalue weighted by Gasteiger charge is -2.08. The molecular formula is C16H30N8O7. The Morgan fingerprint density at radius 2 is 1.00 bits per heavy atom. The predicted molar refractivity (Wildman–Crippen MR) is 108 cm³/mol. The molecule has 31 heavy (non-hydrogen) atoms. The van der Waals surface area contributed by atoms with Crippen LogP contribution in [0.1, 0.15) is 0 Å². The molecule has 0 spiro atoms. The maximum atomic E-state index is 11.6. The fourth-order valence-electron chi connectivity index (χ4n) is 1.81. The van der Waals surface area contributed by atoms with Crippen molar-refractivity contribution in [3.05, 3.63) is 20.9 Å². The predicted octanol–water partition coefficient (Wildman–Crippen LogP) is -0.0776. The van der Waals surface area contributed by atoms with E-state index in [1.165, 1.54) is 0 Å². The Kier molecular flexibility index (Phi) is 21.6. The number of nitrogens with zero attached hydrogens (tertiary/aromatic N) is 6. The highest BCUT2D eigenvalue weighted by Gasteiger charge is 2.04. The van der Waals surface area contributed by atoms with Gasteiger partial charge in [0.1, 0.15) is 13.2 Å². The average molecular weight is 446 g/mol. The first-order chi connectivity index (χ1) is 15.2. The number of azide groups is 2. The Morgan fingerprint density at radius 3 is 1.39 bits per heavy atom. The van der Waals surface area contributed by atoms with Crippen LogP contribution in [0.2, 0.25) is 0 Å². The molecule has 0 rings (SSSR count). The van der Waals surface area contributed by atoms with Gasteiger partial charge in [0.05, 0.1) is 52.9 Å². The van der Waals surface area contributed by atoms with Crippen LogP contribution in [0.15, 0.2) is 10.2 Å². The summed E-state index contributed by atoms with van der Waals surface area (Å²) in [6.45, 7) is 3.42. The maximum Gasteiger partial charge on any atom is 0.246 e. The van der Waals surface area contributed by atoms with E-state index < -0.39 is 0 Å². The molecule has 176 valence electrons. The van der Waals surface area contributed by atoms with Crippen molar-refractivity contribution in [3.63, 3.8) is 0 Å². The number of rotatable bonds is 22. The molecule has 2 amide bonds. The van der Waals surface area contributed by atoms with Crippen LogP contribution in [0.5, 0.6) is 0 Å². The summed E-state index contributed by atoms with van der Waals surface area (Å²) < 4.78 is 25.8. The minimum absolute atomic E-state index is 0.236. The molecule has 0 aromatic carbocycles. The molecule has 15 heteroatoms. The number of amides is 2. The Balaban J connectivity index is 3.34. The molecule has 0 aromatic rings. The molecule has 0 unspecified atom stereocenters. The first kappa shape index (κ1) is 28.4. The van der Waals surface area contributed by atoms with Gasteiger partial charge in [-0.3, -0.25) is 9.59 Å². The summed E-state index contributed by atoms with van der Waals surface area (Å²) in [6, 6.07) is 0. The molecule has 0 atom stereocenters. The molecule has 0 aliphatic carbocycles. The number of carbonyl (C=O) groups excluding carboxylic acids is 2.